The van der Waals surface area contributed by atoms with Gasteiger partial charge in [-0.25, -0.2) is 0 Å². The summed E-state index contributed by atoms with van der Waals surface area (Å²) in [7, 11) is 1.82. The zero-order valence-corrected chi connectivity index (χ0v) is 15.4. The maximum atomic E-state index is 5.67. The fourth-order valence-electron chi connectivity index (χ4n) is 3.24. The first-order chi connectivity index (χ1) is 11.7. The molecular weight excluding hydrogens is 304 g/mol. The number of likely N-dealkylation sites (tertiary alicyclic amines) is 1. The van der Waals surface area contributed by atoms with Gasteiger partial charge in [0, 0.05) is 45.9 Å². The third kappa shape index (κ3) is 7.20. The van der Waals surface area contributed by atoms with Gasteiger partial charge in [-0.15, -0.1) is 0 Å². The van der Waals surface area contributed by atoms with Crippen LogP contribution in [0.15, 0.2) is 17.1 Å². The average molecular weight is 338 g/mol. The van der Waals surface area contributed by atoms with E-state index in [4.69, 9.17) is 9.47 Å². The topological polar surface area (TPSA) is 58.1 Å². The molecule has 2 N–H and O–H groups in total. The highest BCUT2D eigenvalue weighted by Crippen LogP contribution is 2.12. The fraction of sp³-hybridized carbons (Fsp3) is 0.833. The largest absolute Gasteiger partial charge is 0.377 e. The highest BCUT2D eigenvalue weighted by atomic mass is 16.5. The highest BCUT2D eigenvalue weighted by Gasteiger charge is 2.19. The van der Waals surface area contributed by atoms with E-state index in [-0.39, 0.29) is 0 Å². The molecule has 2 saturated heterocycles. The molecule has 0 radical (unpaired) electrons. The number of rotatable bonds is 8. The van der Waals surface area contributed by atoms with Crippen molar-refractivity contribution >= 4 is 5.96 Å². The molecule has 6 heteroatoms. The summed E-state index contributed by atoms with van der Waals surface area (Å²) in [5, 5.41) is 6.85. The van der Waals surface area contributed by atoms with Crippen molar-refractivity contribution in [2.24, 2.45) is 4.99 Å². The number of nitrogens with one attached hydrogen (secondary N) is 2. The van der Waals surface area contributed by atoms with Crippen molar-refractivity contribution in [2.45, 2.75) is 44.8 Å². The molecule has 138 valence electrons. The summed E-state index contributed by atoms with van der Waals surface area (Å²) in [4.78, 5) is 6.78. The summed E-state index contributed by atoms with van der Waals surface area (Å²) in [6, 6.07) is 0.491. The SMILES string of the molecule is C=C(C)CN1CCC(NC(=NC)NCCOCC2CCCO2)CC1. The van der Waals surface area contributed by atoms with Crippen LogP contribution in [0.25, 0.3) is 0 Å². The monoisotopic (exact) mass is 338 g/mol. The van der Waals surface area contributed by atoms with Gasteiger partial charge >= 0.3 is 0 Å². The third-order valence-corrected chi connectivity index (χ3v) is 4.51. The van der Waals surface area contributed by atoms with Gasteiger partial charge in [0.1, 0.15) is 0 Å². The maximum Gasteiger partial charge on any atom is 0.191 e. The zero-order valence-electron chi connectivity index (χ0n) is 15.4. The molecule has 0 amide bonds. The smallest absolute Gasteiger partial charge is 0.191 e. The molecule has 1 atom stereocenters. The summed E-state index contributed by atoms with van der Waals surface area (Å²) >= 11 is 0. The lowest BCUT2D eigenvalue weighted by Crippen LogP contribution is -2.49. The summed E-state index contributed by atoms with van der Waals surface area (Å²) in [6.07, 6.45) is 4.87. The number of ether oxygens (including phenoxy) is 2. The van der Waals surface area contributed by atoms with Crippen LogP contribution in [-0.4, -0.2) is 76.1 Å². The molecule has 0 aromatic heterocycles. The van der Waals surface area contributed by atoms with Crippen molar-refractivity contribution in [1.82, 2.24) is 15.5 Å². The fourth-order valence-corrected chi connectivity index (χ4v) is 3.24. The van der Waals surface area contributed by atoms with Crippen LogP contribution >= 0.6 is 0 Å². The average Bonchev–Trinajstić information content (AvgIpc) is 3.08. The molecule has 2 fully saturated rings. The van der Waals surface area contributed by atoms with Crippen LogP contribution in [0.5, 0.6) is 0 Å². The first-order valence-electron chi connectivity index (χ1n) is 9.20. The van der Waals surface area contributed by atoms with Crippen LogP contribution in [0.4, 0.5) is 0 Å². The molecule has 6 nitrogen and oxygen atoms in total. The van der Waals surface area contributed by atoms with E-state index in [1.165, 1.54) is 5.57 Å². The minimum absolute atomic E-state index is 0.298. The molecule has 1 unspecified atom stereocenters. The Morgan fingerprint density at radius 1 is 1.33 bits per heavy atom. The lowest BCUT2D eigenvalue weighted by molar-refractivity contribution is 0.0191. The minimum atomic E-state index is 0.298. The Hall–Kier alpha value is -1.11. The van der Waals surface area contributed by atoms with Gasteiger partial charge in [0.05, 0.1) is 19.3 Å². The number of guanidine groups is 1. The van der Waals surface area contributed by atoms with Crippen molar-refractivity contribution in [3.63, 3.8) is 0 Å². The molecule has 2 aliphatic rings. The van der Waals surface area contributed by atoms with Crippen molar-refractivity contribution in [2.75, 3.05) is 53.0 Å². The van der Waals surface area contributed by atoms with Crippen molar-refractivity contribution in [3.05, 3.63) is 12.2 Å². The molecule has 0 aromatic rings. The lowest BCUT2D eigenvalue weighted by atomic mass is 10.0. The predicted molar refractivity (Wildman–Crippen MR) is 98.6 cm³/mol. The molecule has 2 rings (SSSR count). The molecule has 0 saturated carbocycles. The number of hydrogen-bond donors (Lipinski definition) is 2. The van der Waals surface area contributed by atoms with E-state index in [9.17, 15) is 0 Å². The van der Waals surface area contributed by atoms with E-state index in [2.05, 4.69) is 34.0 Å². The van der Waals surface area contributed by atoms with Crippen LogP contribution in [0, 0.1) is 0 Å². The van der Waals surface area contributed by atoms with Gasteiger partial charge in [0.25, 0.3) is 0 Å². The van der Waals surface area contributed by atoms with E-state index in [1.807, 2.05) is 7.05 Å². The van der Waals surface area contributed by atoms with Gasteiger partial charge in [-0.05, 0) is 32.6 Å². The molecule has 2 heterocycles. The van der Waals surface area contributed by atoms with Gasteiger partial charge in [-0.1, -0.05) is 12.2 Å². The summed E-state index contributed by atoms with van der Waals surface area (Å²) in [5.74, 6) is 0.870. The van der Waals surface area contributed by atoms with Crippen LogP contribution in [0.1, 0.15) is 32.6 Å². The summed E-state index contributed by atoms with van der Waals surface area (Å²) in [5.41, 5.74) is 1.24. The van der Waals surface area contributed by atoms with Crippen LogP contribution in [0.3, 0.4) is 0 Å². The molecule has 2 aliphatic heterocycles. The van der Waals surface area contributed by atoms with Gasteiger partial charge in [-0.3, -0.25) is 9.89 Å². The molecule has 24 heavy (non-hydrogen) atoms. The van der Waals surface area contributed by atoms with Crippen molar-refractivity contribution in [1.29, 1.82) is 0 Å². The molecule has 0 aliphatic carbocycles. The van der Waals surface area contributed by atoms with Crippen molar-refractivity contribution < 1.29 is 9.47 Å². The Morgan fingerprint density at radius 2 is 2.12 bits per heavy atom. The first-order valence-corrected chi connectivity index (χ1v) is 9.20. The lowest BCUT2D eigenvalue weighted by Gasteiger charge is -2.33. The second-order valence-electron chi connectivity index (χ2n) is 6.86. The van der Waals surface area contributed by atoms with E-state index in [0.717, 1.165) is 64.4 Å². The second kappa shape index (κ2) is 10.7. The van der Waals surface area contributed by atoms with Gasteiger partial charge < -0.3 is 20.1 Å². The normalized spacial score (nSPS) is 23.4. The third-order valence-electron chi connectivity index (χ3n) is 4.51. The van der Waals surface area contributed by atoms with E-state index in [1.54, 1.807) is 0 Å². The van der Waals surface area contributed by atoms with Gasteiger partial charge in [0.15, 0.2) is 5.96 Å². The van der Waals surface area contributed by atoms with Crippen LogP contribution < -0.4 is 10.6 Å². The Kier molecular flexibility index (Phi) is 8.56. The van der Waals surface area contributed by atoms with Crippen LogP contribution in [0.2, 0.25) is 0 Å². The standard InChI is InChI=1S/C18H34N4O2/c1-15(2)13-22-9-6-16(7-10-22)21-18(19-3)20-8-12-23-14-17-5-4-11-24-17/h16-17H,1,4-14H2,2-3H3,(H2,19,20,21). The Balaban J connectivity index is 1.54. The highest BCUT2D eigenvalue weighted by molar-refractivity contribution is 5.79. The Bertz CT molecular complexity index is 400. The van der Waals surface area contributed by atoms with Crippen molar-refractivity contribution in [3.8, 4) is 0 Å². The van der Waals surface area contributed by atoms with E-state index >= 15 is 0 Å². The van der Waals surface area contributed by atoms with Gasteiger partial charge in [0.2, 0.25) is 0 Å². The molecule has 0 bridgehead atoms. The Morgan fingerprint density at radius 3 is 2.75 bits per heavy atom. The summed E-state index contributed by atoms with van der Waals surface area (Å²) in [6.45, 7) is 12.4. The second-order valence-corrected chi connectivity index (χ2v) is 6.86. The maximum absolute atomic E-state index is 5.67. The first kappa shape index (κ1) is 19.2. The molecular formula is C18H34N4O2. The number of aliphatic imine (C=N–C) groups is 1. The quantitative estimate of drug-likeness (QED) is 0.303. The van der Waals surface area contributed by atoms with E-state index < -0.39 is 0 Å². The number of piperidine rings is 1. The number of nitrogens with zero attached hydrogens (tertiary/aromatic N) is 2. The predicted octanol–water partition coefficient (Wildman–Crippen LogP) is 1.39. The zero-order chi connectivity index (χ0) is 17.2. The molecule has 0 spiro atoms. The van der Waals surface area contributed by atoms with Crippen LogP contribution in [-0.2, 0) is 9.47 Å². The minimum Gasteiger partial charge on any atom is -0.377 e. The molecule has 0 aromatic carbocycles. The summed E-state index contributed by atoms with van der Waals surface area (Å²) < 4.78 is 11.2. The van der Waals surface area contributed by atoms with Gasteiger partial charge in [-0.2, -0.15) is 0 Å². The number of hydrogen-bond acceptors (Lipinski definition) is 4. The van der Waals surface area contributed by atoms with E-state index in [0.29, 0.717) is 25.4 Å². The Labute approximate surface area is 146 Å².